The third-order valence-corrected chi connectivity index (χ3v) is 4.60. The quantitative estimate of drug-likeness (QED) is 0.328. The number of benzene rings is 2. The van der Waals surface area contributed by atoms with Gasteiger partial charge in [0, 0.05) is 36.1 Å². The number of hydrogen-bond acceptors (Lipinski definition) is 4. The molecule has 0 saturated carbocycles. The van der Waals surface area contributed by atoms with E-state index < -0.39 is 0 Å². The molecule has 0 fully saturated rings. The molecule has 6 heteroatoms. The third kappa shape index (κ3) is 7.62. The lowest BCUT2D eigenvalue weighted by Gasteiger charge is -2.14. The summed E-state index contributed by atoms with van der Waals surface area (Å²) in [7, 11) is 0. The molecule has 0 saturated heterocycles. The summed E-state index contributed by atoms with van der Waals surface area (Å²) in [6.07, 6.45) is 6.12. The van der Waals surface area contributed by atoms with Crippen LogP contribution in [0.15, 0.2) is 61.7 Å². The van der Waals surface area contributed by atoms with E-state index in [-0.39, 0.29) is 11.8 Å². The molecule has 3 N–H and O–H groups in total. The van der Waals surface area contributed by atoms with Crippen LogP contribution in [-0.4, -0.2) is 38.1 Å². The Balaban J connectivity index is 1.82. The molecule has 160 valence electrons. The minimum absolute atomic E-state index is 0.133. The zero-order chi connectivity index (χ0) is 21.6. The first kappa shape index (κ1) is 23.0. The lowest BCUT2D eigenvalue weighted by molar-refractivity contribution is -0.117. The molecular weight excluding hydrogens is 378 g/mol. The molecule has 2 amide bonds. The van der Waals surface area contributed by atoms with E-state index in [2.05, 4.69) is 41.2 Å². The van der Waals surface area contributed by atoms with Gasteiger partial charge in [0.2, 0.25) is 11.8 Å². The zero-order valence-corrected chi connectivity index (χ0v) is 17.4. The van der Waals surface area contributed by atoms with Gasteiger partial charge in [-0.2, -0.15) is 0 Å². The van der Waals surface area contributed by atoms with E-state index in [0.29, 0.717) is 19.7 Å². The van der Waals surface area contributed by atoms with Crippen LogP contribution in [0.1, 0.15) is 25.7 Å². The molecular formula is C24H31N3O3. The smallest absolute Gasteiger partial charge is 0.243 e. The van der Waals surface area contributed by atoms with Crippen LogP contribution >= 0.6 is 0 Å². The number of unbranched alkanes of at least 4 members (excludes halogenated alkanes) is 2. The first-order valence-electron chi connectivity index (χ1n) is 10.3. The number of carbonyl (C=O) groups is 2. The average Bonchev–Trinajstić information content (AvgIpc) is 2.78. The van der Waals surface area contributed by atoms with Gasteiger partial charge in [0.25, 0.3) is 0 Å². The van der Waals surface area contributed by atoms with Crippen LogP contribution < -0.4 is 20.7 Å². The molecule has 0 unspecified atom stereocenters. The van der Waals surface area contributed by atoms with E-state index in [9.17, 15) is 9.59 Å². The SMILES string of the molecule is C=CC(=O)NCCCCNc1ccc(OCCCCNC(=O)C=C)c2ccccc12. The lowest BCUT2D eigenvalue weighted by Crippen LogP contribution is -2.22. The van der Waals surface area contributed by atoms with Crippen LogP contribution in [0.4, 0.5) is 5.69 Å². The molecule has 0 atom stereocenters. The summed E-state index contributed by atoms with van der Waals surface area (Å²) >= 11 is 0. The largest absolute Gasteiger partial charge is 0.493 e. The molecule has 30 heavy (non-hydrogen) atoms. The predicted molar refractivity (Wildman–Crippen MR) is 123 cm³/mol. The minimum Gasteiger partial charge on any atom is -0.493 e. The van der Waals surface area contributed by atoms with E-state index in [0.717, 1.165) is 54.4 Å². The van der Waals surface area contributed by atoms with Gasteiger partial charge >= 0.3 is 0 Å². The number of amides is 2. The summed E-state index contributed by atoms with van der Waals surface area (Å²) in [6.45, 7) is 9.56. The molecule has 0 heterocycles. The van der Waals surface area contributed by atoms with Crippen molar-refractivity contribution in [2.24, 2.45) is 0 Å². The van der Waals surface area contributed by atoms with Crippen molar-refractivity contribution >= 4 is 28.3 Å². The Kier molecular flexibility index (Phi) is 10.00. The second-order valence-electron chi connectivity index (χ2n) is 6.84. The lowest BCUT2D eigenvalue weighted by atomic mass is 10.1. The maximum Gasteiger partial charge on any atom is 0.243 e. The number of anilines is 1. The molecule has 0 aromatic heterocycles. The van der Waals surface area contributed by atoms with E-state index >= 15 is 0 Å². The highest BCUT2D eigenvalue weighted by Gasteiger charge is 2.06. The number of rotatable bonds is 14. The van der Waals surface area contributed by atoms with Crippen molar-refractivity contribution in [2.75, 3.05) is 31.6 Å². The zero-order valence-electron chi connectivity index (χ0n) is 17.4. The van der Waals surface area contributed by atoms with Gasteiger partial charge in [-0.1, -0.05) is 37.4 Å². The molecule has 0 aliphatic rings. The van der Waals surface area contributed by atoms with E-state index in [1.165, 1.54) is 12.2 Å². The molecule has 0 radical (unpaired) electrons. The second-order valence-corrected chi connectivity index (χ2v) is 6.84. The first-order chi connectivity index (χ1) is 14.7. The van der Waals surface area contributed by atoms with Crippen LogP contribution in [0.5, 0.6) is 5.75 Å². The highest BCUT2D eigenvalue weighted by molar-refractivity contribution is 5.98. The molecule has 0 bridgehead atoms. The number of nitrogens with one attached hydrogen (secondary N) is 3. The number of carbonyl (C=O) groups excluding carboxylic acids is 2. The molecule has 0 spiro atoms. The molecule has 2 aromatic carbocycles. The van der Waals surface area contributed by atoms with E-state index in [4.69, 9.17) is 4.74 Å². The van der Waals surface area contributed by atoms with Crippen LogP contribution in [0.3, 0.4) is 0 Å². The van der Waals surface area contributed by atoms with Gasteiger partial charge in [-0.15, -0.1) is 0 Å². The normalized spacial score (nSPS) is 10.3. The highest BCUT2D eigenvalue weighted by atomic mass is 16.5. The minimum atomic E-state index is -0.147. The van der Waals surface area contributed by atoms with Crippen molar-refractivity contribution in [2.45, 2.75) is 25.7 Å². The molecule has 0 aliphatic carbocycles. The molecule has 0 aliphatic heterocycles. The summed E-state index contributed by atoms with van der Waals surface area (Å²) < 4.78 is 5.99. The topological polar surface area (TPSA) is 79.5 Å². The van der Waals surface area contributed by atoms with E-state index in [1.54, 1.807) is 0 Å². The second kappa shape index (κ2) is 13.0. The summed E-state index contributed by atoms with van der Waals surface area (Å²) in [5.41, 5.74) is 1.07. The number of fused-ring (bicyclic) bond motifs is 1. The number of ether oxygens (including phenoxy) is 1. The van der Waals surface area contributed by atoms with Crippen molar-refractivity contribution in [1.82, 2.24) is 10.6 Å². The van der Waals surface area contributed by atoms with Crippen LogP contribution in [-0.2, 0) is 9.59 Å². The Morgan fingerprint density at radius 1 is 0.800 bits per heavy atom. The maximum atomic E-state index is 11.1. The molecule has 6 nitrogen and oxygen atoms in total. The van der Waals surface area contributed by atoms with Crippen LogP contribution in [0.2, 0.25) is 0 Å². The van der Waals surface area contributed by atoms with E-state index in [1.807, 2.05) is 24.3 Å². The Bertz CT molecular complexity index is 793. The standard InChI is InChI=1S/C24H31N3O3/c1-3-23(28)26-16-8-7-15-25-21-13-14-22(20-12-6-5-11-19(20)21)30-18-10-9-17-27-24(29)4-2/h3-6,11-14,25H,1-2,7-10,15-18H2,(H,26,28)(H,27,29). The summed E-state index contributed by atoms with van der Waals surface area (Å²) in [5, 5.41) is 11.2. The van der Waals surface area contributed by atoms with Gasteiger partial charge in [0.1, 0.15) is 5.75 Å². The van der Waals surface area contributed by atoms with Gasteiger partial charge in [-0.25, -0.2) is 0 Å². The Hall–Kier alpha value is -3.28. The summed E-state index contributed by atoms with van der Waals surface area (Å²) in [5.74, 6) is 0.580. The van der Waals surface area contributed by atoms with Gasteiger partial charge in [0.15, 0.2) is 0 Å². The van der Waals surface area contributed by atoms with Crippen molar-refractivity contribution in [3.63, 3.8) is 0 Å². The summed E-state index contributed by atoms with van der Waals surface area (Å²) in [4.78, 5) is 22.3. The Morgan fingerprint density at radius 2 is 1.40 bits per heavy atom. The summed E-state index contributed by atoms with van der Waals surface area (Å²) in [6, 6.07) is 12.2. The van der Waals surface area contributed by atoms with Crippen LogP contribution in [0.25, 0.3) is 10.8 Å². The fraction of sp³-hybridized carbons (Fsp3) is 0.333. The van der Waals surface area contributed by atoms with Crippen molar-refractivity contribution in [3.05, 3.63) is 61.7 Å². The highest BCUT2D eigenvalue weighted by Crippen LogP contribution is 2.31. The van der Waals surface area contributed by atoms with Gasteiger partial charge in [-0.05, 0) is 50.0 Å². The predicted octanol–water partition coefficient (Wildman–Crippen LogP) is 3.80. The first-order valence-corrected chi connectivity index (χ1v) is 10.3. The van der Waals surface area contributed by atoms with Gasteiger partial charge in [-0.3, -0.25) is 9.59 Å². The maximum absolute atomic E-state index is 11.1. The number of hydrogen-bond donors (Lipinski definition) is 3. The third-order valence-electron chi connectivity index (χ3n) is 4.60. The molecule has 2 rings (SSSR count). The van der Waals surface area contributed by atoms with Crippen molar-refractivity contribution < 1.29 is 14.3 Å². The fourth-order valence-corrected chi connectivity index (χ4v) is 3.00. The van der Waals surface area contributed by atoms with Gasteiger partial charge < -0.3 is 20.7 Å². The van der Waals surface area contributed by atoms with Gasteiger partial charge in [0.05, 0.1) is 6.61 Å². The average molecular weight is 410 g/mol. The Labute approximate surface area is 178 Å². The Morgan fingerprint density at radius 3 is 2.07 bits per heavy atom. The van der Waals surface area contributed by atoms with Crippen molar-refractivity contribution in [1.29, 1.82) is 0 Å². The monoisotopic (exact) mass is 409 g/mol. The molecule has 2 aromatic rings. The van der Waals surface area contributed by atoms with Crippen LogP contribution in [0, 0.1) is 0 Å². The fourth-order valence-electron chi connectivity index (χ4n) is 3.00. The van der Waals surface area contributed by atoms with Crippen molar-refractivity contribution in [3.8, 4) is 5.75 Å².